The summed E-state index contributed by atoms with van der Waals surface area (Å²) in [5.41, 5.74) is 4.01. The van der Waals surface area contributed by atoms with Crippen LogP contribution in [-0.4, -0.2) is 49.3 Å². The molecule has 8 nitrogen and oxygen atoms in total. The summed E-state index contributed by atoms with van der Waals surface area (Å²) in [5, 5.41) is 16.2. The fraction of sp³-hybridized carbons (Fsp3) is 0.471. The number of aromatic nitrogens is 4. The third-order valence-corrected chi connectivity index (χ3v) is 9.72. The number of aliphatic carboxylic acids is 1. The molecule has 232 valence electrons. The van der Waals surface area contributed by atoms with Crippen molar-refractivity contribution in [3.8, 4) is 10.7 Å². The SMILES string of the molecule is Cc1nc2cc3nn2c(c1[C@H](OC(C)(C)C)C(=O)O)N1CCC(C)(C/C=C/CCc2cc(F)ccc2Cc2cnc-3s2)CC1. The van der Waals surface area contributed by atoms with Gasteiger partial charge in [-0.3, -0.25) is 0 Å². The van der Waals surface area contributed by atoms with Crippen molar-refractivity contribution < 1.29 is 19.0 Å². The van der Waals surface area contributed by atoms with Crippen LogP contribution in [0.3, 0.4) is 0 Å². The Labute approximate surface area is 261 Å². The number of anilines is 1. The van der Waals surface area contributed by atoms with Gasteiger partial charge in [-0.2, -0.15) is 9.61 Å². The summed E-state index contributed by atoms with van der Waals surface area (Å²) in [6.07, 6.45) is 10.3. The molecule has 3 aromatic heterocycles. The van der Waals surface area contributed by atoms with Crippen molar-refractivity contribution in [1.82, 2.24) is 19.6 Å². The first kappa shape index (κ1) is 30.4. The molecule has 1 atom stereocenters. The van der Waals surface area contributed by atoms with Crippen molar-refractivity contribution in [2.75, 3.05) is 18.0 Å². The molecule has 44 heavy (non-hydrogen) atoms. The summed E-state index contributed by atoms with van der Waals surface area (Å²) in [6, 6.07) is 6.99. The maximum Gasteiger partial charge on any atom is 0.337 e. The Hall–Kier alpha value is -3.63. The normalized spacial score (nSPS) is 18.5. The average molecular weight is 618 g/mol. The van der Waals surface area contributed by atoms with Gasteiger partial charge in [0, 0.05) is 42.3 Å². The minimum Gasteiger partial charge on any atom is -0.479 e. The van der Waals surface area contributed by atoms with Crippen LogP contribution < -0.4 is 4.90 Å². The van der Waals surface area contributed by atoms with Gasteiger partial charge in [0.25, 0.3) is 0 Å². The monoisotopic (exact) mass is 617 g/mol. The molecule has 0 aliphatic carbocycles. The maximum atomic E-state index is 14.2. The predicted molar refractivity (Wildman–Crippen MR) is 171 cm³/mol. The van der Waals surface area contributed by atoms with Crippen LogP contribution in [0.4, 0.5) is 10.2 Å². The molecule has 0 radical (unpaired) electrons. The number of carbonyl (C=O) groups is 1. The molecule has 6 bridgehead atoms. The summed E-state index contributed by atoms with van der Waals surface area (Å²) >= 11 is 1.56. The van der Waals surface area contributed by atoms with Crippen molar-refractivity contribution >= 4 is 28.8 Å². The lowest BCUT2D eigenvalue weighted by Gasteiger charge is -2.41. The van der Waals surface area contributed by atoms with Gasteiger partial charge in [0.1, 0.15) is 22.3 Å². The molecule has 0 spiro atoms. The van der Waals surface area contributed by atoms with Crippen LogP contribution in [0.15, 0.2) is 42.6 Å². The van der Waals surface area contributed by atoms with Crippen molar-refractivity contribution in [2.24, 2.45) is 5.41 Å². The Bertz CT molecular complexity index is 1730. The lowest BCUT2D eigenvalue weighted by Crippen LogP contribution is -2.41. The highest BCUT2D eigenvalue weighted by atomic mass is 32.1. The first-order valence-electron chi connectivity index (χ1n) is 15.3. The highest BCUT2D eigenvalue weighted by molar-refractivity contribution is 7.15. The lowest BCUT2D eigenvalue weighted by molar-refractivity contribution is -0.160. The number of thiazole rings is 1. The van der Waals surface area contributed by atoms with Crippen LogP contribution in [0.5, 0.6) is 0 Å². The van der Waals surface area contributed by atoms with E-state index in [1.165, 1.54) is 6.07 Å². The fourth-order valence-electron chi connectivity index (χ4n) is 6.30. The van der Waals surface area contributed by atoms with Gasteiger partial charge in [-0.05, 0) is 88.5 Å². The van der Waals surface area contributed by atoms with E-state index in [0.29, 0.717) is 29.0 Å². The number of carboxylic acid groups (broad SMARTS) is 1. The van der Waals surface area contributed by atoms with Gasteiger partial charge in [-0.25, -0.2) is 19.2 Å². The van der Waals surface area contributed by atoms with Gasteiger partial charge in [0.15, 0.2) is 11.8 Å². The summed E-state index contributed by atoms with van der Waals surface area (Å²) in [4.78, 5) is 25.6. The molecule has 3 aliphatic rings. The topological polar surface area (TPSA) is 92.8 Å². The quantitative estimate of drug-likeness (QED) is 0.241. The molecule has 0 saturated carbocycles. The van der Waals surface area contributed by atoms with E-state index in [1.807, 2.05) is 46.0 Å². The standard InChI is InChI=1S/C34H40FN5O3S/c1-21-28(29(32(41)42)43-33(2,3)4)31-39-15-13-34(5,14-16-39)12-8-6-7-9-22-17-24(35)11-10-23(22)18-25-20-36-30(44-25)26-19-27(37-21)40(31)38-26/h6,8,10-11,17,19-20,29H,7,9,12-16,18H2,1-5H3,(H,41,42)/b8-6+/t29-/m0/s1. The molecule has 4 aromatic rings. The van der Waals surface area contributed by atoms with Gasteiger partial charge < -0.3 is 14.7 Å². The molecular weight excluding hydrogens is 577 g/mol. The Morgan fingerprint density at radius 2 is 1.93 bits per heavy atom. The largest absolute Gasteiger partial charge is 0.479 e. The summed E-state index contributed by atoms with van der Waals surface area (Å²) in [6.45, 7) is 11.3. The van der Waals surface area contributed by atoms with E-state index in [-0.39, 0.29) is 11.2 Å². The number of fused-ring (bicyclic) bond motifs is 5. The van der Waals surface area contributed by atoms with Gasteiger partial charge in [-0.15, -0.1) is 11.3 Å². The van der Waals surface area contributed by atoms with Crippen molar-refractivity contribution in [2.45, 2.75) is 84.8 Å². The van der Waals surface area contributed by atoms with Crippen molar-refractivity contribution in [3.05, 3.63) is 75.7 Å². The predicted octanol–water partition coefficient (Wildman–Crippen LogP) is 7.33. The van der Waals surface area contributed by atoms with Crippen molar-refractivity contribution in [1.29, 1.82) is 0 Å². The molecule has 0 amide bonds. The molecule has 0 unspecified atom stereocenters. The number of hydrogen-bond acceptors (Lipinski definition) is 7. The summed E-state index contributed by atoms with van der Waals surface area (Å²) in [5.74, 6) is -0.547. The Morgan fingerprint density at radius 3 is 2.66 bits per heavy atom. The van der Waals surface area contributed by atoms with Gasteiger partial charge in [0.05, 0.1) is 11.2 Å². The zero-order chi connectivity index (χ0) is 31.2. The second kappa shape index (κ2) is 11.7. The number of benzene rings is 1. The molecule has 10 heteroatoms. The third-order valence-electron chi connectivity index (χ3n) is 8.70. The number of halogens is 1. The second-order valence-electron chi connectivity index (χ2n) is 13.4. The average Bonchev–Trinajstić information content (AvgIpc) is 3.59. The molecule has 7 rings (SSSR count). The Morgan fingerprint density at radius 1 is 1.16 bits per heavy atom. The van der Waals surface area contributed by atoms with Gasteiger partial charge in [-0.1, -0.05) is 25.1 Å². The van der Waals surface area contributed by atoms with E-state index in [9.17, 15) is 14.3 Å². The van der Waals surface area contributed by atoms with Crippen molar-refractivity contribution in [3.63, 3.8) is 0 Å². The van der Waals surface area contributed by atoms with E-state index in [0.717, 1.165) is 72.0 Å². The highest BCUT2D eigenvalue weighted by Gasteiger charge is 2.37. The minimum absolute atomic E-state index is 0.113. The zero-order valence-electron chi connectivity index (χ0n) is 26.1. The molecule has 1 N–H and O–H groups in total. The van der Waals surface area contributed by atoms with E-state index < -0.39 is 17.7 Å². The smallest absolute Gasteiger partial charge is 0.337 e. The first-order valence-corrected chi connectivity index (χ1v) is 16.1. The number of allylic oxidation sites excluding steroid dienone is 2. The Kier molecular flexibility index (Phi) is 8.09. The van der Waals surface area contributed by atoms with E-state index in [4.69, 9.17) is 19.8 Å². The summed E-state index contributed by atoms with van der Waals surface area (Å²) in [7, 11) is 0. The molecule has 1 saturated heterocycles. The number of aryl methyl sites for hydroxylation is 2. The third kappa shape index (κ3) is 6.28. The van der Waals surface area contributed by atoms with Crippen LogP contribution in [0, 0.1) is 18.2 Å². The van der Waals surface area contributed by atoms with Gasteiger partial charge >= 0.3 is 5.97 Å². The lowest BCUT2D eigenvalue weighted by atomic mass is 9.77. The Balaban J connectivity index is 1.50. The van der Waals surface area contributed by atoms with Crippen LogP contribution in [0.25, 0.3) is 16.3 Å². The van der Waals surface area contributed by atoms with E-state index >= 15 is 0 Å². The zero-order valence-corrected chi connectivity index (χ0v) is 26.9. The fourth-order valence-corrected chi connectivity index (χ4v) is 7.19. The van der Waals surface area contributed by atoms with Crippen LogP contribution in [0.2, 0.25) is 0 Å². The van der Waals surface area contributed by atoms with Crippen LogP contribution in [-0.2, 0) is 22.4 Å². The maximum absolute atomic E-state index is 14.2. The van der Waals surface area contributed by atoms with Gasteiger partial charge in [0.2, 0.25) is 0 Å². The van der Waals surface area contributed by atoms with E-state index in [2.05, 4.69) is 24.0 Å². The van der Waals surface area contributed by atoms with Crippen LogP contribution >= 0.6 is 11.3 Å². The number of carboxylic acids is 1. The number of hydrogen-bond donors (Lipinski definition) is 1. The van der Waals surface area contributed by atoms with E-state index in [1.54, 1.807) is 21.9 Å². The second-order valence-corrected chi connectivity index (χ2v) is 14.5. The summed E-state index contributed by atoms with van der Waals surface area (Å²) < 4.78 is 22.2. The molecule has 3 aliphatic heterocycles. The number of rotatable bonds is 3. The molecule has 1 aromatic carbocycles. The number of piperidine rings is 1. The van der Waals surface area contributed by atoms with Crippen LogP contribution in [0.1, 0.15) is 86.7 Å². The number of ether oxygens (including phenoxy) is 1. The number of nitrogens with zero attached hydrogens (tertiary/aromatic N) is 5. The first-order chi connectivity index (χ1) is 20.9. The molecular formula is C34H40FN5O3S. The minimum atomic E-state index is -1.20. The molecule has 1 fully saturated rings. The molecule has 6 heterocycles. The highest BCUT2D eigenvalue weighted by Crippen LogP contribution is 2.41.